The molecule has 0 atom stereocenters. The second-order valence-corrected chi connectivity index (χ2v) is 5.76. The van der Waals surface area contributed by atoms with Gasteiger partial charge in [-0.25, -0.2) is 9.59 Å². The summed E-state index contributed by atoms with van der Waals surface area (Å²) in [4.78, 5) is 51.5. The number of methoxy groups -OCH3 is 2. The van der Waals surface area contributed by atoms with E-state index in [0.717, 1.165) is 26.4 Å². The fourth-order valence-electron chi connectivity index (χ4n) is 2.19. The smallest absolute Gasteiger partial charge is 0.435 e. The number of nitrogens with zero attached hydrogens (tertiary/aromatic N) is 3. The van der Waals surface area contributed by atoms with Gasteiger partial charge in [-0.05, 0) is 36.4 Å². The van der Waals surface area contributed by atoms with Crippen molar-refractivity contribution < 1.29 is 28.8 Å². The monoisotopic (exact) mass is 419 g/mol. The number of nitro benzene ring substituents is 1. The summed E-state index contributed by atoms with van der Waals surface area (Å²) in [5, 5.41) is 11.2. The van der Waals surface area contributed by atoms with Crippen LogP contribution in [0.15, 0.2) is 53.5 Å². The number of non-ortho nitro benzene ring substituents is 1. The minimum atomic E-state index is -1.13. The van der Waals surface area contributed by atoms with E-state index < -0.39 is 28.9 Å². The van der Waals surface area contributed by atoms with Crippen LogP contribution in [0.5, 0.6) is 0 Å². The van der Waals surface area contributed by atoms with Crippen molar-refractivity contribution >= 4 is 41.2 Å². The summed E-state index contributed by atoms with van der Waals surface area (Å²) in [5.41, 5.74) is -0.118. The number of amidine groups is 1. The molecule has 11 heteroatoms. The Morgan fingerprint density at radius 1 is 0.966 bits per heavy atom. The van der Waals surface area contributed by atoms with E-state index in [1.54, 1.807) is 0 Å². The average Bonchev–Trinajstić information content (AvgIpc) is 2.73. The molecule has 0 fully saturated rings. The Morgan fingerprint density at radius 2 is 1.52 bits per heavy atom. The molecule has 0 saturated carbocycles. The zero-order chi connectivity index (χ0) is 21.6. The highest BCUT2D eigenvalue weighted by Gasteiger charge is 2.31. The van der Waals surface area contributed by atoms with Crippen LogP contribution >= 0.6 is 11.6 Å². The molecular formula is C18H14ClN3O7. The van der Waals surface area contributed by atoms with Crippen molar-refractivity contribution in [2.24, 2.45) is 4.99 Å². The van der Waals surface area contributed by atoms with E-state index in [-0.39, 0.29) is 16.8 Å². The highest BCUT2D eigenvalue weighted by molar-refractivity contribution is 6.30. The van der Waals surface area contributed by atoms with Gasteiger partial charge in [-0.1, -0.05) is 11.6 Å². The predicted molar refractivity (Wildman–Crippen MR) is 102 cm³/mol. The van der Waals surface area contributed by atoms with E-state index in [1.807, 2.05) is 0 Å². The molecule has 0 radical (unpaired) electrons. The third kappa shape index (κ3) is 5.14. The molecule has 0 spiro atoms. The van der Waals surface area contributed by atoms with Crippen molar-refractivity contribution in [1.29, 1.82) is 0 Å². The number of hydrogen-bond acceptors (Lipinski definition) is 7. The zero-order valence-electron chi connectivity index (χ0n) is 15.2. The first kappa shape index (κ1) is 21.5. The molecule has 10 nitrogen and oxygen atoms in total. The van der Waals surface area contributed by atoms with Gasteiger partial charge in [-0.3, -0.25) is 14.9 Å². The number of ether oxygens (including phenoxy) is 2. The van der Waals surface area contributed by atoms with Crippen LogP contribution in [0, 0.1) is 10.1 Å². The molecule has 2 rings (SSSR count). The molecule has 2 aromatic carbocycles. The number of aliphatic imine (C=N–C) groups is 1. The maximum atomic E-state index is 13.0. The van der Waals surface area contributed by atoms with Gasteiger partial charge in [0.15, 0.2) is 5.84 Å². The molecule has 150 valence electrons. The predicted octanol–water partition coefficient (Wildman–Crippen LogP) is 3.67. The summed E-state index contributed by atoms with van der Waals surface area (Å²) >= 11 is 5.82. The number of carbonyl (C=O) groups excluding carboxylic acids is 3. The SMILES string of the molecule is COC(=O)/N=C(\c1ccc([N+](=O)[O-])cc1)N(C(=O)OC)C(=O)c1ccc(Cl)cc1. The summed E-state index contributed by atoms with van der Waals surface area (Å²) in [6.07, 6.45) is -2.23. The molecule has 0 heterocycles. The lowest BCUT2D eigenvalue weighted by Crippen LogP contribution is -2.42. The highest BCUT2D eigenvalue weighted by atomic mass is 35.5. The van der Waals surface area contributed by atoms with E-state index in [9.17, 15) is 24.5 Å². The first-order chi connectivity index (χ1) is 13.8. The number of carbonyl (C=O) groups is 3. The van der Waals surface area contributed by atoms with Crippen LogP contribution in [0.2, 0.25) is 5.02 Å². The van der Waals surface area contributed by atoms with Crippen LogP contribution in [0.3, 0.4) is 0 Å². The van der Waals surface area contributed by atoms with Gasteiger partial charge in [0.05, 0.1) is 19.1 Å². The number of imide groups is 1. The molecule has 0 aromatic heterocycles. The lowest BCUT2D eigenvalue weighted by atomic mass is 10.1. The lowest BCUT2D eigenvalue weighted by molar-refractivity contribution is -0.384. The van der Waals surface area contributed by atoms with E-state index in [1.165, 1.54) is 36.4 Å². The zero-order valence-corrected chi connectivity index (χ0v) is 16.0. The Kier molecular flexibility index (Phi) is 6.99. The first-order valence-corrected chi connectivity index (χ1v) is 8.25. The Hall–Kier alpha value is -3.79. The second kappa shape index (κ2) is 9.42. The molecular weight excluding hydrogens is 406 g/mol. The largest absolute Gasteiger partial charge is 0.452 e. The van der Waals surface area contributed by atoms with Gasteiger partial charge >= 0.3 is 12.2 Å². The Bertz CT molecular complexity index is 972. The number of amides is 3. The minimum absolute atomic E-state index is 0.0549. The quantitative estimate of drug-likeness (QED) is 0.321. The molecule has 0 unspecified atom stereocenters. The van der Waals surface area contributed by atoms with Crippen molar-refractivity contribution in [3.63, 3.8) is 0 Å². The molecule has 0 aliphatic heterocycles. The third-order valence-electron chi connectivity index (χ3n) is 3.57. The number of rotatable bonds is 3. The van der Waals surface area contributed by atoms with Gasteiger partial charge in [0.25, 0.3) is 11.6 Å². The van der Waals surface area contributed by atoms with Crippen LogP contribution < -0.4 is 0 Å². The molecule has 0 saturated heterocycles. The molecule has 0 aliphatic rings. The third-order valence-corrected chi connectivity index (χ3v) is 3.82. The topological polar surface area (TPSA) is 128 Å². The number of halogens is 1. The summed E-state index contributed by atoms with van der Waals surface area (Å²) in [7, 11) is 2.10. The maximum Gasteiger partial charge on any atom is 0.435 e. The first-order valence-electron chi connectivity index (χ1n) is 7.88. The number of benzene rings is 2. The Balaban J connectivity index is 2.61. The molecule has 0 aliphatic carbocycles. The van der Waals surface area contributed by atoms with Crippen LogP contribution in [-0.4, -0.2) is 48.0 Å². The molecule has 0 N–H and O–H groups in total. The normalized spacial score (nSPS) is 10.8. The highest BCUT2D eigenvalue weighted by Crippen LogP contribution is 2.18. The van der Waals surface area contributed by atoms with Crippen molar-refractivity contribution in [1.82, 2.24) is 4.90 Å². The fourth-order valence-corrected chi connectivity index (χ4v) is 2.31. The summed E-state index contributed by atoms with van der Waals surface area (Å²) < 4.78 is 9.14. The summed E-state index contributed by atoms with van der Waals surface area (Å²) in [6, 6.07) is 10.3. The average molecular weight is 420 g/mol. The van der Waals surface area contributed by atoms with E-state index in [2.05, 4.69) is 14.5 Å². The van der Waals surface area contributed by atoms with Gasteiger partial charge in [0.1, 0.15) is 0 Å². The van der Waals surface area contributed by atoms with Crippen molar-refractivity contribution in [3.8, 4) is 0 Å². The van der Waals surface area contributed by atoms with Crippen molar-refractivity contribution in [2.45, 2.75) is 0 Å². The minimum Gasteiger partial charge on any atom is -0.452 e. The number of nitro groups is 1. The molecule has 29 heavy (non-hydrogen) atoms. The van der Waals surface area contributed by atoms with Gasteiger partial charge in [0, 0.05) is 28.3 Å². The Labute approximate surface area is 169 Å². The van der Waals surface area contributed by atoms with Crippen LogP contribution in [0.4, 0.5) is 15.3 Å². The fraction of sp³-hybridized carbons (Fsp3) is 0.111. The summed E-state index contributed by atoms with van der Waals surface area (Å²) in [6.45, 7) is 0. The number of hydrogen-bond donors (Lipinski definition) is 0. The summed E-state index contributed by atoms with van der Waals surface area (Å²) in [5.74, 6) is -1.30. The van der Waals surface area contributed by atoms with E-state index in [0.29, 0.717) is 9.92 Å². The van der Waals surface area contributed by atoms with Gasteiger partial charge in [-0.2, -0.15) is 9.89 Å². The van der Waals surface area contributed by atoms with Gasteiger partial charge in [0.2, 0.25) is 0 Å². The second-order valence-electron chi connectivity index (χ2n) is 5.33. The van der Waals surface area contributed by atoms with Crippen LogP contribution in [0.1, 0.15) is 15.9 Å². The van der Waals surface area contributed by atoms with Gasteiger partial charge in [-0.15, -0.1) is 0 Å². The van der Waals surface area contributed by atoms with Crippen LogP contribution in [-0.2, 0) is 9.47 Å². The van der Waals surface area contributed by atoms with Crippen LogP contribution in [0.25, 0.3) is 0 Å². The van der Waals surface area contributed by atoms with Crippen molar-refractivity contribution in [3.05, 3.63) is 74.8 Å². The maximum absolute atomic E-state index is 13.0. The molecule has 2 aromatic rings. The molecule has 0 bridgehead atoms. The van der Waals surface area contributed by atoms with E-state index >= 15 is 0 Å². The lowest BCUT2D eigenvalue weighted by Gasteiger charge is -2.21. The Morgan fingerprint density at radius 3 is 2.00 bits per heavy atom. The standard InChI is InChI=1S/C18H14ClN3O7/c1-28-17(24)20-15(11-5-9-14(10-6-11)22(26)27)21(18(25)29-2)16(23)12-3-7-13(19)8-4-12/h3-10H,1-2H3/b20-15+. The van der Waals surface area contributed by atoms with Crippen molar-refractivity contribution in [2.75, 3.05) is 14.2 Å². The van der Waals surface area contributed by atoms with E-state index in [4.69, 9.17) is 11.6 Å². The molecule has 3 amide bonds. The van der Waals surface area contributed by atoms with Gasteiger partial charge < -0.3 is 9.47 Å².